The Balaban J connectivity index is 1.67. The van der Waals surface area contributed by atoms with Gasteiger partial charge in [0.15, 0.2) is 0 Å². The van der Waals surface area contributed by atoms with Crippen LogP contribution < -0.4 is 11.1 Å². The van der Waals surface area contributed by atoms with E-state index in [-0.39, 0.29) is 23.9 Å². The van der Waals surface area contributed by atoms with Gasteiger partial charge in [-0.25, -0.2) is 4.52 Å². The summed E-state index contributed by atoms with van der Waals surface area (Å²) in [5.41, 5.74) is 7.93. The summed E-state index contributed by atoms with van der Waals surface area (Å²) in [6.07, 6.45) is 8.73. The predicted molar refractivity (Wildman–Crippen MR) is 134 cm³/mol. The van der Waals surface area contributed by atoms with E-state index in [1.807, 2.05) is 29.3 Å². The van der Waals surface area contributed by atoms with E-state index in [4.69, 9.17) is 5.73 Å². The van der Waals surface area contributed by atoms with Gasteiger partial charge >= 0.3 is 0 Å². The zero-order valence-electron chi connectivity index (χ0n) is 21.0. The molecule has 0 aliphatic carbocycles. The fourth-order valence-electron chi connectivity index (χ4n) is 4.72. The fourth-order valence-corrected chi connectivity index (χ4v) is 4.72. The van der Waals surface area contributed by atoms with Gasteiger partial charge in [-0.15, -0.1) is 0 Å². The standard InChI is InChI=1S/C25H35N7O3/c1-6-16-12-30(24(34)25(4,5)35)8-7-20(16)29-22-19(23(26)33)11-28-32-13-17(9-21(22)32)18-10-27-31(14-18)15(2)3/h9-11,13-16,20,29,35H,6-8,12H2,1-5H3,(H2,26,33). The molecule has 35 heavy (non-hydrogen) atoms. The smallest absolute Gasteiger partial charge is 0.253 e. The first-order valence-corrected chi connectivity index (χ1v) is 12.1. The van der Waals surface area contributed by atoms with Crippen molar-refractivity contribution >= 4 is 23.0 Å². The monoisotopic (exact) mass is 481 g/mol. The second-order valence-corrected chi connectivity index (χ2v) is 10.2. The molecule has 2 unspecified atom stereocenters. The number of fused-ring (bicyclic) bond motifs is 1. The van der Waals surface area contributed by atoms with Gasteiger partial charge in [-0.2, -0.15) is 10.2 Å². The van der Waals surface area contributed by atoms with Crippen LogP contribution in [-0.2, 0) is 4.79 Å². The van der Waals surface area contributed by atoms with Crippen LogP contribution in [0.25, 0.3) is 16.6 Å². The fraction of sp³-hybridized carbons (Fsp3) is 0.520. The van der Waals surface area contributed by atoms with Gasteiger partial charge < -0.3 is 21.1 Å². The van der Waals surface area contributed by atoms with E-state index in [0.717, 1.165) is 23.1 Å². The summed E-state index contributed by atoms with van der Waals surface area (Å²) in [4.78, 5) is 26.7. The van der Waals surface area contributed by atoms with Crippen LogP contribution in [0.2, 0.25) is 0 Å². The van der Waals surface area contributed by atoms with Crippen LogP contribution in [0.3, 0.4) is 0 Å². The van der Waals surface area contributed by atoms with Gasteiger partial charge in [0.25, 0.3) is 11.8 Å². The lowest BCUT2D eigenvalue weighted by molar-refractivity contribution is -0.149. The summed E-state index contributed by atoms with van der Waals surface area (Å²) in [6, 6.07) is 2.26. The summed E-state index contributed by atoms with van der Waals surface area (Å²) in [6.45, 7) is 10.3. The van der Waals surface area contributed by atoms with E-state index in [9.17, 15) is 14.7 Å². The van der Waals surface area contributed by atoms with Crippen molar-refractivity contribution in [1.29, 1.82) is 0 Å². The molecule has 4 rings (SSSR count). The van der Waals surface area contributed by atoms with Crippen LogP contribution in [-0.4, -0.2) is 65.9 Å². The number of aromatic nitrogens is 4. The molecule has 2 amide bonds. The second kappa shape index (κ2) is 9.33. The number of nitrogens with one attached hydrogen (secondary N) is 1. The number of nitrogens with zero attached hydrogens (tertiary/aromatic N) is 5. The topological polar surface area (TPSA) is 131 Å². The Bertz CT molecular complexity index is 1240. The first-order chi connectivity index (χ1) is 16.5. The Morgan fingerprint density at radius 2 is 1.97 bits per heavy atom. The van der Waals surface area contributed by atoms with Gasteiger partial charge in [-0.3, -0.25) is 14.3 Å². The number of likely N-dealkylation sites (tertiary alicyclic amines) is 1. The molecular weight excluding hydrogens is 446 g/mol. The molecule has 0 spiro atoms. The zero-order chi connectivity index (χ0) is 25.5. The Hall–Kier alpha value is -3.40. The van der Waals surface area contributed by atoms with Crippen molar-refractivity contribution in [3.8, 4) is 11.1 Å². The molecular formula is C25H35N7O3. The molecule has 1 aliphatic heterocycles. The van der Waals surface area contributed by atoms with Crippen molar-refractivity contribution in [1.82, 2.24) is 24.3 Å². The molecule has 4 N–H and O–H groups in total. The van der Waals surface area contributed by atoms with Crippen LogP contribution in [0, 0.1) is 5.92 Å². The molecule has 4 heterocycles. The van der Waals surface area contributed by atoms with Crippen molar-refractivity contribution in [3.05, 3.63) is 36.4 Å². The molecule has 0 bridgehead atoms. The summed E-state index contributed by atoms with van der Waals surface area (Å²) < 4.78 is 3.64. The number of piperidine rings is 1. The van der Waals surface area contributed by atoms with Crippen LogP contribution >= 0.6 is 0 Å². The van der Waals surface area contributed by atoms with Crippen molar-refractivity contribution in [3.63, 3.8) is 0 Å². The lowest BCUT2D eigenvalue weighted by atomic mass is 9.88. The van der Waals surface area contributed by atoms with E-state index in [2.05, 4.69) is 36.3 Å². The van der Waals surface area contributed by atoms with Gasteiger partial charge in [0, 0.05) is 48.7 Å². The van der Waals surface area contributed by atoms with Gasteiger partial charge in [-0.05, 0) is 52.5 Å². The third-order valence-electron chi connectivity index (χ3n) is 6.77. The normalized spacial score (nSPS) is 18.9. The molecule has 10 heteroatoms. The zero-order valence-corrected chi connectivity index (χ0v) is 21.0. The van der Waals surface area contributed by atoms with Crippen LogP contribution in [0.15, 0.2) is 30.9 Å². The number of primary amides is 1. The van der Waals surface area contributed by atoms with Crippen molar-refractivity contribution in [2.75, 3.05) is 18.4 Å². The number of aliphatic hydroxyl groups is 1. The minimum absolute atomic E-state index is 0.0252. The van der Waals surface area contributed by atoms with Gasteiger partial charge in [-0.1, -0.05) is 6.92 Å². The Labute approximate surface area is 205 Å². The van der Waals surface area contributed by atoms with E-state index in [1.165, 1.54) is 20.0 Å². The number of carbonyl (C=O) groups is 2. The summed E-state index contributed by atoms with van der Waals surface area (Å²) in [7, 11) is 0. The third kappa shape index (κ3) is 4.88. The summed E-state index contributed by atoms with van der Waals surface area (Å²) in [5, 5.41) is 22.6. The average Bonchev–Trinajstić information content (AvgIpc) is 3.45. The van der Waals surface area contributed by atoms with Gasteiger partial charge in [0.2, 0.25) is 0 Å². The first-order valence-electron chi connectivity index (χ1n) is 12.1. The minimum atomic E-state index is -1.40. The van der Waals surface area contributed by atoms with Crippen molar-refractivity contribution < 1.29 is 14.7 Å². The number of amides is 2. The molecule has 0 radical (unpaired) electrons. The lowest BCUT2D eigenvalue weighted by Crippen LogP contribution is -2.53. The second-order valence-electron chi connectivity index (χ2n) is 10.2. The highest BCUT2D eigenvalue weighted by Crippen LogP contribution is 2.32. The maximum Gasteiger partial charge on any atom is 0.253 e. The van der Waals surface area contributed by atoms with Crippen LogP contribution in [0.1, 0.15) is 63.9 Å². The van der Waals surface area contributed by atoms with Crippen LogP contribution in [0.4, 0.5) is 5.69 Å². The molecule has 2 atom stereocenters. The number of hydrogen-bond acceptors (Lipinski definition) is 6. The number of anilines is 1. The molecule has 0 saturated carbocycles. The Kier molecular flexibility index (Phi) is 6.59. The number of nitrogens with two attached hydrogens (primary N) is 1. The molecule has 3 aromatic heterocycles. The predicted octanol–water partition coefficient (Wildman–Crippen LogP) is 2.69. The number of rotatable bonds is 7. The van der Waals surface area contributed by atoms with E-state index >= 15 is 0 Å². The van der Waals surface area contributed by atoms with Crippen LogP contribution in [0.5, 0.6) is 0 Å². The molecule has 3 aromatic rings. The average molecular weight is 482 g/mol. The maximum atomic E-state index is 12.6. The van der Waals surface area contributed by atoms with Gasteiger partial charge in [0.05, 0.1) is 29.2 Å². The minimum Gasteiger partial charge on any atom is -0.381 e. The molecule has 1 saturated heterocycles. The lowest BCUT2D eigenvalue weighted by Gasteiger charge is -2.41. The van der Waals surface area contributed by atoms with E-state index in [0.29, 0.717) is 30.8 Å². The van der Waals surface area contributed by atoms with Crippen molar-refractivity contribution in [2.45, 2.75) is 65.1 Å². The SMILES string of the molecule is CCC1CN(C(=O)C(C)(C)O)CCC1Nc1c(C(N)=O)cnn2cc(-c3cnn(C(C)C)c3)cc12. The third-order valence-corrected chi connectivity index (χ3v) is 6.77. The molecule has 188 valence electrons. The molecule has 1 fully saturated rings. The van der Waals surface area contributed by atoms with Gasteiger partial charge in [0.1, 0.15) is 5.60 Å². The number of hydrogen-bond donors (Lipinski definition) is 3. The molecule has 10 nitrogen and oxygen atoms in total. The highest BCUT2D eigenvalue weighted by atomic mass is 16.3. The Morgan fingerprint density at radius 3 is 2.57 bits per heavy atom. The highest BCUT2D eigenvalue weighted by molar-refractivity contribution is 6.02. The van der Waals surface area contributed by atoms with E-state index < -0.39 is 11.5 Å². The largest absolute Gasteiger partial charge is 0.381 e. The highest BCUT2D eigenvalue weighted by Gasteiger charge is 2.36. The number of carbonyl (C=O) groups excluding carboxylic acids is 2. The maximum absolute atomic E-state index is 12.6. The molecule has 0 aromatic carbocycles. The van der Waals surface area contributed by atoms with Crippen molar-refractivity contribution in [2.24, 2.45) is 11.7 Å². The Morgan fingerprint density at radius 1 is 1.23 bits per heavy atom. The summed E-state index contributed by atoms with van der Waals surface area (Å²) >= 11 is 0. The first kappa shape index (κ1) is 24.7. The van der Waals surface area contributed by atoms with E-state index in [1.54, 1.807) is 9.42 Å². The quantitative estimate of drug-likeness (QED) is 0.476. The summed E-state index contributed by atoms with van der Waals surface area (Å²) in [5.74, 6) is -0.681. The molecule has 1 aliphatic rings.